The molecule has 0 spiro atoms. The van der Waals surface area contributed by atoms with Crippen LogP contribution in [0.25, 0.3) is 0 Å². The van der Waals surface area contributed by atoms with Crippen molar-refractivity contribution in [3.05, 3.63) is 34.4 Å². The van der Waals surface area contributed by atoms with Crippen molar-refractivity contribution < 1.29 is 9.90 Å². The summed E-state index contributed by atoms with van der Waals surface area (Å²) in [4.78, 5) is 11.9. The first-order valence-electron chi connectivity index (χ1n) is 7.58. The fraction of sp³-hybridized carbons (Fsp3) is 0.632. The number of rotatable bonds is 1. The number of hydrogen-bond acceptors (Lipinski definition) is 1. The molecule has 0 aliphatic heterocycles. The Balaban J connectivity index is 3.89. The summed E-state index contributed by atoms with van der Waals surface area (Å²) in [5, 5.41) is 9.77. The van der Waals surface area contributed by atoms with E-state index in [9.17, 15) is 9.90 Å². The molecule has 0 aliphatic carbocycles. The van der Waals surface area contributed by atoms with Crippen LogP contribution in [0.1, 0.15) is 89.4 Å². The third kappa shape index (κ3) is 3.87. The van der Waals surface area contributed by atoms with Crippen LogP contribution in [0.2, 0.25) is 0 Å². The molecule has 0 fully saturated rings. The van der Waals surface area contributed by atoms with Crippen molar-refractivity contribution in [2.45, 2.75) is 78.6 Å². The molecule has 0 saturated carbocycles. The first-order chi connectivity index (χ1) is 9.15. The SMILES string of the molecule is CC(C)(C)c1cc(C(C)(C)C)c(C(=O)O)c(C(C)(C)C)c1. The molecule has 1 rings (SSSR count). The molecule has 1 aromatic rings. The molecule has 0 aliphatic rings. The van der Waals surface area contributed by atoms with Gasteiger partial charge >= 0.3 is 5.97 Å². The Labute approximate surface area is 129 Å². The topological polar surface area (TPSA) is 37.3 Å². The van der Waals surface area contributed by atoms with Crippen LogP contribution in [0, 0.1) is 0 Å². The summed E-state index contributed by atoms with van der Waals surface area (Å²) in [6, 6.07) is 4.16. The summed E-state index contributed by atoms with van der Waals surface area (Å²) in [6.07, 6.45) is 0. The minimum Gasteiger partial charge on any atom is -0.478 e. The maximum absolute atomic E-state index is 11.9. The molecular formula is C19H30O2. The van der Waals surface area contributed by atoms with Crippen LogP contribution in [-0.4, -0.2) is 11.1 Å². The summed E-state index contributed by atoms with van der Waals surface area (Å²) < 4.78 is 0. The first kappa shape index (κ1) is 17.7. The predicted octanol–water partition coefficient (Wildman–Crippen LogP) is 5.28. The highest BCUT2D eigenvalue weighted by Gasteiger charge is 2.31. The van der Waals surface area contributed by atoms with Crippen molar-refractivity contribution >= 4 is 5.97 Å². The molecule has 2 heteroatoms. The van der Waals surface area contributed by atoms with Crippen LogP contribution in [0.5, 0.6) is 0 Å². The molecule has 21 heavy (non-hydrogen) atoms. The van der Waals surface area contributed by atoms with Crippen molar-refractivity contribution in [1.82, 2.24) is 0 Å². The monoisotopic (exact) mass is 290 g/mol. The Bertz CT molecular complexity index is 511. The summed E-state index contributed by atoms with van der Waals surface area (Å²) in [7, 11) is 0. The fourth-order valence-electron chi connectivity index (χ4n) is 2.49. The average molecular weight is 290 g/mol. The molecule has 0 atom stereocenters. The number of carbonyl (C=O) groups is 1. The van der Waals surface area contributed by atoms with Gasteiger partial charge in [0.1, 0.15) is 0 Å². The summed E-state index contributed by atoms with van der Waals surface area (Å²) >= 11 is 0. The first-order valence-corrected chi connectivity index (χ1v) is 7.58. The maximum atomic E-state index is 11.9. The normalized spacial score (nSPS) is 13.4. The molecular weight excluding hydrogens is 260 g/mol. The number of aromatic carboxylic acids is 1. The van der Waals surface area contributed by atoms with Gasteiger partial charge in [-0.05, 0) is 32.9 Å². The van der Waals surface area contributed by atoms with Crippen LogP contribution in [0.3, 0.4) is 0 Å². The molecule has 1 N–H and O–H groups in total. The molecule has 2 nitrogen and oxygen atoms in total. The van der Waals surface area contributed by atoms with Gasteiger partial charge in [0.2, 0.25) is 0 Å². The molecule has 0 heterocycles. The second kappa shape index (κ2) is 5.15. The van der Waals surface area contributed by atoms with Gasteiger partial charge < -0.3 is 5.11 Å². The molecule has 0 radical (unpaired) electrons. The highest BCUT2D eigenvalue weighted by atomic mass is 16.4. The molecule has 0 amide bonds. The van der Waals surface area contributed by atoms with Crippen molar-refractivity contribution in [1.29, 1.82) is 0 Å². The predicted molar refractivity (Wildman–Crippen MR) is 89.5 cm³/mol. The van der Waals surface area contributed by atoms with Gasteiger partial charge in [-0.3, -0.25) is 0 Å². The Morgan fingerprint density at radius 3 is 1.29 bits per heavy atom. The highest BCUT2D eigenvalue weighted by Crippen LogP contribution is 2.38. The van der Waals surface area contributed by atoms with Crippen LogP contribution < -0.4 is 0 Å². The number of hydrogen-bond donors (Lipinski definition) is 1. The Morgan fingerprint density at radius 2 is 1.10 bits per heavy atom. The maximum Gasteiger partial charge on any atom is 0.336 e. The van der Waals surface area contributed by atoms with E-state index >= 15 is 0 Å². The Hall–Kier alpha value is -1.31. The van der Waals surface area contributed by atoms with Crippen LogP contribution in [0.15, 0.2) is 12.1 Å². The van der Waals surface area contributed by atoms with Gasteiger partial charge in [0.25, 0.3) is 0 Å². The van der Waals surface area contributed by atoms with E-state index in [1.807, 2.05) is 0 Å². The largest absolute Gasteiger partial charge is 0.478 e. The second-order valence-electron chi connectivity index (χ2n) is 9.00. The number of carboxylic acids is 1. The van der Waals surface area contributed by atoms with Crippen molar-refractivity contribution in [2.75, 3.05) is 0 Å². The molecule has 0 saturated heterocycles. The smallest absolute Gasteiger partial charge is 0.336 e. The summed E-state index contributed by atoms with van der Waals surface area (Å²) in [5.41, 5.74) is 3.12. The zero-order valence-corrected chi connectivity index (χ0v) is 15.0. The van der Waals surface area contributed by atoms with E-state index in [1.165, 1.54) is 5.56 Å². The molecule has 0 unspecified atom stereocenters. The minimum absolute atomic E-state index is 0.00294. The van der Waals surface area contributed by atoms with Gasteiger partial charge in [0, 0.05) is 0 Å². The Morgan fingerprint density at radius 1 is 0.762 bits per heavy atom. The van der Waals surface area contributed by atoms with Crippen molar-refractivity contribution in [3.63, 3.8) is 0 Å². The zero-order chi connectivity index (χ0) is 16.8. The second-order valence-corrected chi connectivity index (χ2v) is 9.00. The molecule has 118 valence electrons. The van der Waals surface area contributed by atoms with Gasteiger partial charge in [0.05, 0.1) is 5.56 Å². The average Bonchev–Trinajstić information content (AvgIpc) is 2.23. The minimum atomic E-state index is -0.828. The van der Waals surface area contributed by atoms with E-state index in [0.29, 0.717) is 5.56 Å². The van der Waals surface area contributed by atoms with Crippen LogP contribution >= 0.6 is 0 Å². The third-order valence-corrected chi connectivity index (χ3v) is 3.83. The molecule has 1 aromatic carbocycles. The van der Waals surface area contributed by atoms with Crippen LogP contribution in [0.4, 0.5) is 0 Å². The van der Waals surface area contributed by atoms with E-state index in [1.54, 1.807) is 0 Å². The Kier molecular flexibility index (Phi) is 4.35. The summed E-state index contributed by atoms with van der Waals surface area (Å²) in [5.74, 6) is -0.828. The van der Waals surface area contributed by atoms with Crippen molar-refractivity contribution in [3.8, 4) is 0 Å². The van der Waals surface area contributed by atoms with Crippen molar-refractivity contribution in [2.24, 2.45) is 0 Å². The zero-order valence-electron chi connectivity index (χ0n) is 15.0. The molecule has 0 aromatic heterocycles. The third-order valence-electron chi connectivity index (χ3n) is 3.83. The summed E-state index contributed by atoms with van der Waals surface area (Å²) in [6.45, 7) is 19.0. The lowest BCUT2D eigenvalue weighted by Gasteiger charge is -2.32. The lowest BCUT2D eigenvalue weighted by Crippen LogP contribution is -2.26. The van der Waals surface area contributed by atoms with E-state index in [0.717, 1.165) is 11.1 Å². The lowest BCUT2D eigenvalue weighted by molar-refractivity contribution is 0.0691. The lowest BCUT2D eigenvalue weighted by atomic mass is 9.72. The molecule has 0 bridgehead atoms. The van der Waals surface area contributed by atoms with Gasteiger partial charge in [-0.25, -0.2) is 4.79 Å². The van der Waals surface area contributed by atoms with E-state index in [-0.39, 0.29) is 16.2 Å². The van der Waals surface area contributed by atoms with Crippen LogP contribution in [-0.2, 0) is 16.2 Å². The van der Waals surface area contributed by atoms with E-state index < -0.39 is 5.97 Å². The highest BCUT2D eigenvalue weighted by molar-refractivity contribution is 5.92. The van der Waals surface area contributed by atoms with E-state index in [4.69, 9.17) is 0 Å². The van der Waals surface area contributed by atoms with Gasteiger partial charge in [-0.15, -0.1) is 0 Å². The standard InChI is InChI=1S/C19H30O2/c1-17(2,3)12-10-13(18(4,5)6)15(16(20)21)14(11-12)19(7,8)9/h10-11H,1-9H3,(H,20,21). The quantitative estimate of drug-likeness (QED) is 0.764. The fourth-order valence-corrected chi connectivity index (χ4v) is 2.49. The number of carboxylic acid groups (broad SMARTS) is 1. The number of benzene rings is 1. The van der Waals surface area contributed by atoms with E-state index in [2.05, 4.69) is 74.4 Å². The van der Waals surface area contributed by atoms with Gasteiger partial charge in [-0.1, -0.05) is 74.4 Å². The van der Waals surface area contributed by atoms with Gasteiger partial charge in [-0.2, -0.15) is 0 Å². The van der Waals surface area contributed by atoms with Gasteiger partial charge in [0.15, 0.2) is 0 Å².